The van der Waals surface area contributed by atoms with Gasteiger partial charge in [-0.25, -0.2) is 4.98 Å². The summed E-state index contributed by atoms with van der Waals surface area (Å²) in [7, 11) is 0. The maximum Gasteiger partial charge on any atom is 0.220 e. The van der Waals surface area contributed by atoms with Crippen LogP contribution in [0.2, 0.25) is 0 Å². The fourth-order valence-electron chi connectivity index (χ4n) is 2.78. The van der Waals surface area contributed by atoms with E-state index in [0.717, 1.165) is 26.7 Å². The Hall–Kier alpha value is -2.80. The van der Waals surface area contributed by atoms with Crippen molar-refractivity contribution < 1.29 is 4.79 Å². The highest BCUT2D eigenvalue weighted by atomic mass is 32.1. The first-order valence-corrected chi connectivity index (χ1v) is 8.96. The minimum atomic E-state index is -0.208. The third kappa shape index (κ3) is 3.23. The molecule has 0 aliphatic carbocycles. The number of carbonyl (C=O) groups is 1. The minimum Gasteiger partial charge on any atom is -0.346 e. The summed E-state index contributed by atoms with van der Waals surface area (Å²) in [6.07, 6.45) is 2.94. The number of carbonyl (C=O) groups excluding carboxylic acids is 1. The minimum absolute atomic E-state index is 0.0144. The van der Waals surface area contributed by atoms with E-state index in [9.17, 15) is 4.79 Å². The Bertz CT molecular complexity index is 1000. The van der Waals surface area contributed by atoms with E-state index in [1.54, 1.807) is 11.3 Å². The number of rotatable bonds is 5. The zero-order valence-corrected chi connectivity index (χ0v) is 14.5. The molecular weight excluding hydrogens is 334 g/mol. The molecule has 1 N–H and O–H groups in total. The third-order valence-electron chi connectivity index (χ3n) is 4.01. The van der Waals surface area contributed by atoms with Crippen LogP contribution in [0.3, 0.4) is 0 Å². The fraction of sp³-hybridized carbons (Fsp3) is 0.222. The molecular formula is C18H17N5OS. The van der Waals surface area contributed by atoms with Crippen molar-refractivity contribution in [3.05, 3.63) is 59.5 Å². The first-order valence-electron chi connectivity index (χ1n) is 8.14. The third-order valence-corrected chi connectivity index (χ3v) is 5.11. The molecule has 0 saturated heterocycles. The van der Waals surface area contributed by atoms with Crippen LogP contribution in [-0.2, 0) is 11.2 Å². The number of pyridine rings is 1. The van der Waals surface area contributed by atoms with Crippen molar-refractivity contribution in [3.8, 4) is 0 Å². The van der Waals surface area contributed by atoms with Gasteiger partial charge in [-0.15, -0.1) is 21.5 Å². The second kappa shape index (κ2) is 6.60. The van der Waals surface area contributed by atoms with Gasteiger partial charge in [0.25, 0.3) is 0 Å². The van der Waals surface area contributed by atoms with Gasteiger partial charge in [-0.2, -0.15) is 0 Å². The molecule has 0 spiro atoms. The SMILES string of the molecule is C[C@@H](NC(=O)CCc1nc2ccccc2s1)c1nnc2ccccn12. The molecule has 0 radical (unpaired) electrons. The molecule has 4 aromatic rings. The molecule has 25 heavy (non-hydrogen) atoms. The highest BCUT2D eigenvalue weighted by Gasteiger charge is 2.16. The second-order valence-corrected chi connectivity index (χ2v) is 6.97. The largest absolute Gasteiger partial charge is 0.346 e. The van der Waals surface area contributed by atoms with E-state index >= 15 is 0 Å². The number of nitrogens with one attached hydrogen (secondary N) is 1. The summed E-state index contributed by atoms with van der Waals surface area (Å²) < 4.78 is 3.04. The zero-order chi connectivity index (χ0) is 17.2. The van der Waals surface area contributed by atoms with Crippen LogP contribution in [-0.4, -0.2) is 25.5 Å². The molecule has 0 fully saturated rings. The number of hydrogen-bond donors (Lipinski definition) is 1. The number of amides is 1. The van der Waals surface area contributed by atoms with Crippen LogP contribution in [0.4, 0.5) is 0 Å². The van der Waals surface area contributed by atoms with E-state index in [0.29, 0.717) is 12.8 Å². The molecule has 1 amide bonds. The number of aryl methyl sites for hydroxylation is 1. The second-order valence-electron chi connectivity index (χ2n) is 5.85. The standard InChI is InChI=1S/C18H17N5OS/c1-12(18-22-21-15-8-4-5-11-23(15)18)19-16(24)9-10-17-20-13-6-2-3-7-14(13)25-17/h2-8,11-12H,9-10H2,1H3,(H,19,24)/t12-/m1/s1. The quantitative estimate of drug-likeness (QED) is 0.599. The average molecular weight is 351 g/mol. The van der Waals surface area contributed by atoms with E-state index < -0.39 is 0 Å². The Morgan fingerprint density at radius 3 is 2.92 bits per heavy atom. The molecule has 126 valence electrons. The van der Waals surface area contributed by atoms with Gasteiger partial charge >= 0.3 is 0 Å². The van der Waals surface area contributed by atoms with Crippen molar-refractivity contribution in [2.75, 3.05) is 0 Å². The molecule has 0 unspecified atom stereocenters. The molecule has 0 aliphatic heterocycles. The Morgan fingerprint density at radius 1 is 1.20 bits per heavy atom. The zero-order valence-electron chi connectivity index (χ0n) is 13.7. The summed E-state index contributed by atoms with van der Waals surface area (Å²) in [5.41, 5.74) is 1.76. The topological polar surface area (TPSA) is 72.2 Å². The lowest BCUT2D eigenvalue weighted by molar-refractivity contribution is -0.121. The van der Waals surface area contributed by atoms with Crippen LogP contribution in [0.5, 0.6) is 0 Å². The number of para-hydroxylation sites is 1. The lowest BCUT2D eigenvalue weighted by atomic mass is 10.2. The van der Waals surface area contributed by atoms with Crippen molar-refractivity contribution in [3.63, 3.8) is 0 Å². The molecule has 0 bridgehead atoms. The lowest BCUT2D eigenvalue weighted by Crippen LogP contribution is -2.28. The molecule has 4 rings (SSSR count). The summed E-state index contributed by atoms with van der Waals surface area (Å²) >= 11 is 1.64. The van der Waals surface area contributed by atoms with Gasteiger partial charge in [0.15, 0.2) is 11.5 Å². The molecule has 0 saturated carbocycles. The lowest BCUT2D eigenvalue weighted by Gasteiger charge is -2.12. The summed E-state index contributed by atoms with van der Waals surface area (Å²) in [6.45, 7) is 1.92. The number of aromatic nitrogens is 4. The van der Waals surface area contributed by atoms with Crippen LogP contribution in [0, 0.1) is 0 Å². The van der Waals surface area contributed by atoms with Gasteiger partial charge in [0.05, 0.1) is 21.3 Å². The van der Waals surface area contributed by atoms with Gasteiger partial charge in [-0.3, -0.25) is 9.20 Å². The first kappa shape index (κ1) is 15.7. The van der Waals surface area contributed by atoms with Crippen LogP contribution in [0.15, 0.2) is 48.7 Å². The molecule has 3 heterocycles. The maximum absolute atomic E-state index is 12.3. The highest BCUT2D eigenvalue weighted by molar-refractivity contribution is 7.18. The van der Waals surface area contributed by atoms with E-state index in [-0.39, 0.29) is 11.9 Å². The predicted molar refractivity (Wildman–Crippen MR) is 97.5 cm³/mol. The Morgan fingerprint density at radius 2 is 2.04 bits per heavy atom. The molecule has 1 aromatic carbocycles. The summed E-state index contributed by atoms with van der Waals surface area (Å²) in [5, 5.41) is 12.3. The number of nitrogens with zero attached hydrogens (tertiary/aromatic N) is 4. The van der Waals surface area contributed by atoms with Gasteiger partial charge in [0.1, 0.15) is 0 Å². The van der Waals surface area contributed by atoms with E-state index in [2.05, 4.69) is 26.6 Å². The van der Waals surface area contributed by atoms with Gasteiger partial charge in [-0.05, 0) is 31.2 Å². The van der Waals surface area contributed by atoms with Crippen LogP contribution in [0.25, 0.3) is 15.9 Å². The highest BCUT2D eigenvalue weighted by Crippen LogP contribution is 2.22. The summed E-state index contributed by atoms with van der Waals surface area (Å²) in [5.74, 6) is 0.711. The average Bonchev–Trinajstić information content (AvgIpc) is 3.23. The molecule has 3 aromatic heterocycles. The van der Waals surface area contributed by atoms with Crippen LogP contribution < -0.4 is 5.32 Å². The van der Waals surface area contributed by atoms with Crippen molar-refractivity contribution in [2.24, 2.45) is 0 Å². The van der Waals surface area contributed by atoms with E-state index in [4.69, 9.17) is 0 Å². The Balaban J connectivity index is 1.39. The van der Waals surface area contributed by atoms with Crippen LogP contribution >= 0.6 is 11.3 Å². The number of benzene rings is 1. The van der Waals surface area contributed by atoms with Gasteiger partial charge in [0, 0.05) is 19.0 Å². The van der Waals surface area contributed by atoms with Gasteiger partial charge < -0.3 is 5.32 Å². The molecule has 7 heteroatoms. The Kier molecular flexibility index (Phi) is 4.15. The molecule has 1 atom stereocenters. The molecule has 0 aliphatic rings. The predicted octanol–water partition coefficient (Wildman–Crippen LogP) is 3.15. The maximum atomic E-state index is 12.3. The van der Waals surface area contributed by atoms with Crippen molar-refractivity contribution in [2.45, 2.75) is 25.8 Å². The summed E-state index contributed by atoms with van der Waals surface area (Å²) in [4.78, 5) is 16.8. The van der Waals surface area contributed by atoms with Gasteiger partial charge in [-0.1, -0.05) is 18.2 Å². The van der Waals surface area contributed by atoms with Crippen molar-refractivity contribution >= 4 is 33.1 Å². The number of fused-ring (bicyclic) bond motifs is 2. The van der Waals surface area contributed by atoms with E-state index in [1.807, 2.05) is 53.9 Å². The number of thiazole rings is 1. The van der Waals surface area contributed by atoms with E-state index in [1.165, 1.54) is 0 Å². The molecule has 6 nitrogen and oxygen atoms in total. The first-order chi connectivity index (χ1) is 12.2. The number of hydrogen-bond acceptors (Lipinski definition) is 5. The fourth-order valence-corrected chi connectivity index (χ4v) is 3.75. The van der Waals surface area contributed by atoms with Crippen LogP contribution in [0.1, 0.15) is 30.2 Å². The normalized spacial score (nSPS) is 12.5. The summed E-state index contributed by atoms with van der Waals surface area (Å²) in [6, 6.07) is 13.5. The smallest absolute Gasteiger partial charge is 0.220 e. The monoisotopic (exact) mass is 351 g/mol. The van der Waals surface area contributed by atoms with Crippen molar-refractivity contribution in [1.82, 2.24) is 24.9 Å². The Labute approximate surface area is 148 Å². The van der Waals surface area contributed by atoms with Crippen molar-refractivity contribution in [1.29, 1.82) is 0 Å². The van der Waals surface area contributed by atoms with Gasteiger partial charge in [0.2, 0.25) is 5.91 Å².